The summed E-state index contributed by atoms with van der Waals surface area (Å²) in [5.41, 5.74) is 2.60. The fourth-order valence-electron chi connectivity index (χ4n) is 3.48. The molecule has 1 unspecified atom stereocenters. The van der Waals surface area contributed by atoms with Crippen molar-refractivity contribution in [1.82, 2.24) is 14.5 Å². The smallest absolute Gasteiger partial charge is 0.261 e. The second kappa shape index (κ2) is 6.38. The van der Waals surface area contributed by atoms with Gasteiger partial charge in [0.25, 0.3) is 11.8 Å². The van der Waals surface area contributed by atoms with Crippen molar-refractivity contribution in [2.75, 3.05) is 6.54 Å². The van der Waals surface area contributed by atoms with Crippen molar-refractivity contribution in [1.29, 1.82) is 0 Å². The molecule has 6 nitrogen and oxygen atoms in total. The van der Waals surface area contributed by atoms with Crippen LogP contribution >= 0.6 is 0 Å². The van der Waals surface area contributed by atoms with Crippen LogP contribution in [0.25, 0.3) is 11.0 Å². The van der Waals surface area contributed by atoms with Gasteiger partial charge in [0.15, 0.2) is 0 Å². The number of hydrogen-bond acceptors (Lipinski definition) is 4. The predicted octanol–water partition coefficient (Wildman–Crippen LogP) is 2.26. The number of para-hydroxylation sites is 2. The molecular formula is C20H19N3O3. The van der Waals surface area contributed by atoms with Gasteiger partial charge in [-0.25, -0.2) is 4.98 Å². The molecule has 6 heteroatoms. The number of amides is 2. The minimum atomic E-state index is -0.875. The van der Waals surface area contributed by atoms with E-state index in [1.165, 1.54) is 0 Å². The summed E-state index contributed by atoms with van der Waals surface area (Å²) >= 11 is 0. The first-order chi connectivity index (χ1) is 12.6. The second-order valence-corrected chi connectivity index (χ2v) is 6.40. The van der Waals surface area contributed by atoms with E-state index in [1.807, 2.05) is 35.8 Å². The van der Waals surface area contributed by atoms with E-state index in [2.05, 4.69) is 4.98 Å². The molecule has 1 aliphatic heterocycles. The molecule has 0 spiro atoms. The Labute approximate surface area is 150 Å². The molecule has 1 N–H and O–H groups in total. The third kappa shape index (κ3) is 2.59. The summed E-state index contributed by atoms with van der Waals surface area (Å²) in [6.07, 6.45) is -0.144. The Morgan fingerprint density at radius 2 is 1.58 bits per heavy atom. The van der Waals surface area contributed by atoms with E-state index in [1.54, 1.807) is 24.3 Å². The summed E-state index contributed by atoms with van der Waals surface area (Å²) in [6, 6.07) is 14.5. The zero-order valence-electron chi connectivity index (χ0n) is 14.4. The highest BCUT2D eigenvalue weighted by atomic mass is 16.3. The number of imidazole rings is 1. The number of carbonyl (C=O) groups is 2. The van der Waals surface area contributed by atoms with Crippen molar-refractivity contribution in [3.8, 4) is 0 Å². The van der Waals surface area contributed by atoms with E-state index in [0.29, 0.717) is 11.1 Å². The molecule has 1 aromatic heterocycles. The minimum Gasteiger partial charge on any atom is -0.389 e. The molecule has 1 aliphatic rings. The topological polar surface area (TPSA) is 75.4 Å². The molecule has 2 aromatic carbocycles. The van der Waals surface area contributed by atoms with E-state index in [0.717, 1.165) is 28.2 Å². The fourth-order valence-corrected chi connectivity index (χ4v) is 3.48. The van der Waals surface area contributed by atoms with Gasteiger partial charge in [0.2, 0.25) is 0 Å². The van der Waals surface area contributed by atoms with Crippen LogP contribution < -0.4 is 0 Å². The highest BCUT2D eigenvalue weighted by Gasteiger charge is 2.36. The Bertz CT molecular complexity index is 973. The standard InChI is InChI=1S/C20H19N3O3/c1-2-18-21-16-9-5-6-10-17(16)22(18)11-13(24)12-23-19(25)14-7-3-4-8-15(14)20(23)26/h3-10,13,24H,2,11-12H2,1H3. The molecular weight excluding hydrogens is 330 g/mol. The molecule has 0 fully saturated rings. The molecule has 0 saturated heterocycles. The Balaban J connectivity index is 1.56. The van der Waals surface area contributed by atoms with Crippen molar-refractivity contribution >= 4 is 22.8 Å². The van der Waals surface area contributed by atoms with Gasteiger partial charge in [0.1, 0.15) is 5.82 Å². The number of benzene rings is 2. The number of β-amino-alcohol motifs (C(OH)–C–C–N with tert-alkyl or cyclic N) is 1. The van der Waals surface area contributed by atoms with Gasteiger partial charge in [-0.2, -0.15) is 0 Å². The molecule has 1 atom stereocenters. The van der Waals surface area contributed by atoms with E-state index in [-0.39, 0.29) is 24.9 Å². The number of nitrogens with zero attached hydrogens (tertiary/aromatic N) is 3. The third-order valence-corrected chi connectivity index (χ3v) is 4.71. The Hall–Kier alpha value is -2.99. The summed E-state index contributed by atoms with van der Waals surface area (Å²) in [7, 11) is 0. The van der Waals surface area contributed by atoms with Crippen LogP contribution in [-0.4, -0.2) is 44.0 Å². The molecule has 0 radical (unpaired) electrons. The van der Waals surface area contributed by atoms with Crippen molar-refractivity contribution in [2.24, 2.45) is 0 Å². The molecule has 2 amide bonds. The average molecular weight is 349 g/mol. The molecule has 26 heavy (non-hydrogen) atoms. The van der Waals surface area contributed by atoms with Crippen LogP contribution in [0.4, 0.5) is 0 Å². The lowest BCUT2D eigenvalue weighted by atomic mass is 10.1. The third-order valence-electron chi connectivity index (χ3n) is 4.71. The maximum absolute atomic E-state index is 12.5. The van der Waals surface area contributed by atoms with Gasteiger partial charge >= 0.3 is 0 Å². The van der Waals surface area contributed by atoms with Gasteiger partial charge < -0.3 is 9.67 Å². The second-order valence-electron chi connectivity index (χ2n) is 6.40. The quantitative estimate of drug-likeness (QED) is 0.717. The molecule has 3 aromatic rings. The van der Waals surface area contributed by atoms with Gasteiger partial charge in [-0.05, 0) is 24.3 Å². The van der Waals surface area contributed by atoms with E-state index >= 15 is 0 Å². The number of aromatic nitrogens is 2. The van der Waals surface area contributed by atoms with Crippen molar-refractivity contribution in [3.05, 3.63) is 65.5 Å². The zero-order valence-corrected chi connectivity index (χ0v) is 14.4. The number of imide groups is 1. The maximum atomic E-state index is 12.5. The Kier molecular flexibility index (Phi) is 4.05. The number of fused-ring (bicyclic) bond motifs is 2. The molecule has 132 valence electrons. The van der Waals surface area contributed by atoms with Crippen molar-refractivity contribution < 1.29 is 14.7 Å². The zero-order chi connectivity index (χ0) is 18.3. The minimum absolute atomic E-state index is 0.0397. The summed E-state index contributed by atoms with van der Waals surface area (Å²) < 4.78 is 1.96. The lowest BCUT2D eigenvalue weighted by Gasteiger charge is -2.20. The lowest BCUT2D eigenvalue weighted by molar-refractivity contribution is 0.0522. The van der Waals surface area contributed by atoms with Crippen LogP contribution in [0.15, 0.2) is 48.5 Å². The number of hydrogen-bond donors (Lipinski definition) is 1. The fraction of sp³-hybridized carbons (Fsp3) is 0.250. The van der Waals surface area contributed by atoms with Gasteiger partial charge in [0.05, 0.1) is 41.4 Å². The van der Waals surface area contributed by atoms with Crippen LogP contribution in [0.1, 0.15) is 33.5 Å². The molecule has 0 bridgehead atoms. The van der Waals surface area contributed by atoms with Crippen LogP contribution in [0.2, 0.25) is 0 Å². The van der Waals surface area contributed by atoms with Crippen molar-refractivity contribution in [2.45, 2.75) is 26.0 Å². The van der Waals surface area contributed by atoms with Gasteiger partial charge in [0, 0.05) is 6.42 Å². The molecule has 2 heterocycles. The van der Waals surface area contributed by atoms with Crippen LogP contribution in [0.5, 0.6) is 0 Å². The Morgan fingerprint density at radius 3 is 2.23 bits per heavy atom. The summed E-state index contributed by atoms with van der Waals surface area (Å²) in [6.45, 7) is 2.24. The average Bonchev–Trinajstić information content (AvgIpc) is 3.13. The largest absolute Gasteiger partial charge is 0.389 e. The monoisotopic (exact) mass is 349 g/mol. The first kappa shape index (κ1) is 16.5. The summed E-state index contributed by atoms with van der Waals surface area (Å²) in [4.78, 5) is 30.6. The number of carbonyl (C=O) groups excluding carboxylic acids is 2. The van der Waals surface area contributed by atoms with Gasteiger partial charge in [-0.1, -0.05) is 31.2 Å². The summed E-state index contributed by atoms with van der Waals surface area (Å²) in [5, 5.41) is 10.6. The van der Waals surface area contributed by atoms with Gasteiger partial charge in [-0.3, -0.25) is 14.5 Å². The predicted molar refractivity (Wildman–Crippen MR) is 96.9 cm³/mol. The first-order valence-electron chi connectivity index (χ1n) is 8.67. The van der Waals surface area contributed by atoms with E-state index in [9.17, 15) is 14.7 Å². The normalized spacial score (nSPS) is 14.9. The molecule has 0 saturated carbocycles. The number of rotatable bonds is 5. The van der Waals surface area contributed by atoms with E-state index < -0.39 is 6.10 Å². The number of aliphatic hydroxyl groups excluding tert-OH is 1. The van der Waals surface area contributed by atoms with Crippen LogP contribution in [0.3, 0.4) is 0 Å². The number of aliphatic hydroxyl groups is 1. The van der Waals surface area contributed by atoms with Crippen molar-refractivity contribution in [3.63, 3.8) is 0 Å². The SMILES string of the molecule is CCc1nc2ccccc2n1CC(O)CN1C(=O)c2ccccc2C1=O. The highest BCUT2D eigenvalue weighted by Crippen LogP contribution is 2.23. The van der Waals surface area contributed by atoms with Gasteiger partial charge in [-0.15, -0.1) is 0 Å². The molecule has 0 aliphatic carbocycles. The Morgan fingerprint density at radius 1 is 0.962 bits per heavy atom. The number of aryl methyl sites for hydroxylation is 1. The first-order valence-corrected chi connectivity index (χ1v) is 8.67. The highest BCUT2D eigenvalue weighted by molar-refractivity contribution is 6.21. The summed E-state index contributed by atoms with van der Waals surface area (Å²) in [5.74, 6) is 0.166. The molecule has 4 rings (SSSR count). The maximum Gasteiger partial charge on any atom is 0.261 e. The van der Waals surface area contributed by atoms with Crippen LogP contribution in [-0.2, 0) is 13.0 Å². The van der Waals surface area contributed by atoms with Crippen LogP contribution in [0, 0.1) is 0 Å². The lowest BCUT2D eigenvalue weighted by Crippen LogP contribution is -2.38. The van der Waals surface area contributed by atoms with E-state index in [4.69, 9.17) is 0 Å².